The maximum Gasteiger partial charge on any atom is 0.306 e. The standard InChI is InChI=1S/C18H25N3O4S/c1-4-25-17(24)12-10-15(22)20-18(26)19-14-8-5-13(6-9-14)7-11-16(23)21(2)3/h5-6,8-9H,4,7,10-12H2,1-3H3,(H2,19,20,22,26). The Balaban J connectivity index is 2.39. The van der Waals surface area contributed by atoms with Crippen molar-refractivity contribution in [3.8, 4) is 0 Å². The molecule has 7 nitrogen and oxygen atoms in total. The number of hydrogen-bond acceptors (Lipinski definition) is 5. The molecule has 26 heavy (non-hydrogen) atoms. The van der Waals surface area contributed by atoms with Gasteiger partial charge in [-0.15, -0.1) is 0 Å². The van der Waals surface area contributed by atoms with Gasteiger partial charge in [0, 0.05) is 32.6 Å². The van der Waals surface area contributed by atoms with Gasteiger partial charge in [0.05, 0.1) is 13.0 Å². The molecule has 0 aliphatic carbocycles. The lowest BCUT2D eigenvalue weighted by atomic mass is 10.1. The Morgan fingerprint density at radius 2 is 1.73 bits per heavy atom. The molecule has 2 N–H and O–H groups in total. The Morgan fingerprint density at radius 1 is 1.08 bits per heavy atom. The number of nitrogens with one attached hydrogen (secondary N) is 2. The minimum absolute atomic E-state index is 0.0134. The number of anilines is 1. The number of rotatable bonds is 8. The summed E-state index contributed by atoms with van der Waals surface area (Å²) in [4.78, 5) is 36.1. The van der Waals surface area contributed by atoms with Gasteiger partial charge in [-0.3, -0.25) is 14.4 Å². The van der Waals surface area contributed by atoms with E-state index in [1.165, 1.54) is 0 Å². The number of ether oxygens (including phenoxy) is 1. The van der Waals surface area contributed by atoms with Crippen LogP contribution < -0.4 is 10.6 Å². The predicted molar refractivity (Wildman–Crippen MR) is 104 cm³/mol. The van der Waals surface area contributed by atoms with Crippen LogP contribution >= 0.6 is 12.2 Å². The van der Waals surface area contributed by atoms with Crippen molar-refractivity contribution in [3.63, 3.8) is 0 Å². The van der Waals surface area contributed by atoms with E-state index in [0.717, 1.165) is 11.3 Å². The van der Waals surface area contributed by atoms with Crippen molar-refractivity contribution in [2.45, 2.75) is 32.6 Å². The second-order valence-corrected chi connectivity index (χ2v) is 6.20. The monoisotopic (exact) mass is 379 g/mol. The average molecular weight is 379 g/mol. The number of benzene rings is 1. The van der Waals surface area contributed by atoms with E-state index in [2.05, 4.69) is 10.6 Å². The summed E-state index contributed by atoms with van der Waals surface area (Å²) in [5, 5.41) is 5.58. The Labute approximate surface area is 159 Å². The SMILES string of the molecule is CCOC(=O)CCC(=O)NC(=S)Nc1ccc(CCC(=O)N(C)C)cc1. The molecular formula is C18H25N3O4S. The van der Waals surface area contributed by atoms with Crippen LogP contribution in [0.1, 0.15) is 31.7 Å². The van der Waals surface area contributed by atoms with Crippen molar-refractivity contribution in [2.75, 3.05) is 26.0 Å². The highest BCUT2D eigenvalue weighted by Crippen LogP contribution is 2.11. The van der Waals surface area contributed by atoms with Crippen molar-refractivity contribution >= 4 is 40.8 Å². The molecule has 0 aliphatic rings. The second-order valence-electron chi connectivity index (χ2n) is 5.79. The van der Waals surface area contributed by atoms with E-state index in [1.807, 2.05) is 24.3 Å². The fraction of sp³-hybridized carbons (Fsp3) is 0.444. The fourth-order valence-corrected chi connectivity index (χ4v) is 2.26. The third-order valence-corrected chi connectivity index (χ3v) is 3.66. The van der Waals surface area contributed by atoms with Crippen molar-refractivity contribution in [3.05, 3.63) is 29.8 Å². The molecule has 0 atom stereocenters. The Bertz CT molecular complexity index is 644. The third kappa shape index (κ3) is 8.57. The molecule has 0 fully saturated rings. The van der Waals surface area contributed by atoms with Gasteiger partial charge in [-0.1, -0.05) is 12.1 Å². The molecule has 0 saturated carbocycles. The van der Waals surface area contributed by atoms with Crippen LogP contribution in [-0.4, -0.2) is 48.5 Å². The Kier molecular flexibility index (Phi) is 9.29. The molecule has 0 saturated heterocycles. The summed E-state index contributed by atoms with van der Waals surface area (Å²) >= 11 is 5.08. The molecule has 1 aromatic rings. The largest absolute Gasteiger partial charge is 0.466 e. The summed E-state index contributed by atoms with van der Waals surface area (Å²) in [5.74, 6) is -0.682. The van der Waals surface area contributed by atoms with E-state index in [1.54, 1.807) is 25.9 Å². The van der Waals surface area contributed by atoms with E-state index >= 15 is 0 Å². The number of esters is 1. The van der Waals surface area contributed by atoms with Gasteiger partial charge in [0.25, 0.3) is 0 Å². The summed E-state index contributed by atoms with van der Waals surface area (Å²) < 4.78 is 4.76. The summed E-state index contributed by atoms with van der Waals surface area (Å²) in [6.07, 6.45) is 1.14. The lowest BCUT2D eigenvalue weighted by molar-refractivity contribution is -0.144. The predicted octanol–water partition coefficient (Wildman–Crippen LogP) is 1.86. The summed E-state index contributed by atoms with van der Waals surface area (Å²) in [7, 11) is 3.47. The lowest BCUT2D eigenvalue weighted by Crippen LogP contribution is -2.34. The fourth-order valence-electron chi connectivity index (χ4n) is 2.03. The van der Waals surface area contributed by atoms with Crippen LogP contribution in [0.15, 0.2) is 24.3 Å². The lowest BCUT2D eigenvalue weighted by Gasteiger charge is -2.11. The molecule has 142 valence electrons. The molecule has 0 aromatic heterocycles. The van der Waals surface area contributed by atoms with Crippen LogP contribution in [0.4, 0.5) is 5.69 Å². The van der Waals surface area contributed by atoms with E-state index in [-0.39, 0.29) is 29.8 Å². The first kappa shape index (κ1) is 21.6. The number of nitrogens with zero attached hydrogens (tertiary/aromatic N) is 1. The highest BCUT2D eigenvalue weighted by molar-refractivity contribution is 7.80. The first-order valence-corrected chi connectivity index (χ1v) is 8.78. The first-order chi connectivity index (χ1) is 12.3. The molecule has 2 amide bonds. The molecule has 0 unspecified atom stereocenters. The van der Waals surface area contributed by atoms with Gasteiger partial charge >= 0.3 is 5.97 Å². The van der Waals surface area contributed by atoms with Gasteiger partial charge < -0.3 is 20.3 Å². The van der Waals surface area contributed by atoms with Gasteiger partial charge in [-0.2, -0.15) is 0 Å². The second kappa shape index (κ2) is 11.2. The molecule has 1 aromatic carbocycles. The Morgan fingerprint density at radius 3 is 2.31 bits per heavy atom. The zero-order chi connectivity index (χ0) is 19.5. The average Bonchev–Trinajstić information content (AvgIpc) is 2.59. The molecule has 0 bridgehead atoms. The van der Waals surface area contributed by atoms with E-state index in [4.69, 9.17) is 17.0 Å². The minimum Gasteiger partial charge on any atom is -0.466 e. The zero-order valence-corrected chi connectivity index (χ0v) is 16.1. The molecule has 0 aliphatic heterocycles. The number of hydrogen-bond donors (Lipinski definition) is 2. The van der Waals surface area contributed by atoms with Crippen molar-refractivity contribution in [2.24, 2.45) is 0 Å². The summed E-state index contributed by atoms with van der Waals surface area (Å²) in [6.45, 7) is 2.00. The van der Waals surface area contributed by atoms with Crippen molar-refractivity contribution < 1.29 is 19.1 Å². The number of aryl methyl sites for hydroxylation is 1. The summed E-state index contributed by atoms with van der Waals surface area (Å²) in [5.41, 5.74) is 1.76. The van der Waals surface area contributed by atoms with E-state index < -0.39 is 5.97 Å². The maximum atomic E-state index is 11.7. The van der Waals surface area contributed by atoms with Gasteiger partial charge in [-0.25, -0.2) is 0 Å². The summed E-state index contributed by atoms with van der Waals surface area (Å²) in [6, 6.07) is 7.45. The van der Waals surface area contributed by atoms with Crippen LogP contribution in [0.3, 0.4) is 0 Å². The zero-order valence-electron chi connectivity index (χ0n) is 15.3. The Hall–Kier alpha value is -2.48. The first-order valence-electron chi connectivity index (χ1n) is 8.37. The normalized spacial score (nSPS) is 9.96. The quantitative estimate of drug-likeness (QED) is 0.530. The van der Waals surface area contributed by atoms with Crippen LogP contribution in [-0.2, 0) is 25.5 Å². The van der Waals surface area contributed by atoms with Crippen LogP contribution in [0.25, 0.3) is 0 Å². The van der Waals surface area contributed by atoms with Crippen LogP contribution in [0.2, 0.25) is 0 Å². The number of carbonyl (C=O) groups excluding carboxylic acids is 3. The molecule has 1 rings (SSSR count). The highest BCUT2D eigenvalue weighted by Gasteiger charge is 2.09. The maximum absolute atomic E-state index is 11.7. The van der Waals surface area contributed by atoms with Crippen LogP contribution in [0.5, 0.6) is 0 Å². The highest BCUT2D eigenvalue weighted by atomic mass is 32.1. The number of carbonyl (C=O) groups is 3. The third-order valence-electron chi connectivity index (χ3n) is 3.45. The number of thiocarbonyl (C=S) groups is 1. The molecule has 0 heterocycles. The van der Waals surface area contributed by atoms with E-state index in [9.17, 15) is 14.4 Å². The van der Waals surface area contributed by atoms with Crippen LogP contribution in [0, 0.1) is 0 Å². The molecule has 8 heteroatoms. The number of amides is 2. The molecule has 0 radical (unpaired) electrons. The molecular weight excluding hydrogens is 354 g/mol. The van der Waals surface area contributed by atoms with Crippen molar-refractivity contribution in [1.82, 2.24) is 10.2 Å². The van der Waals surface area contributed by atoms with Gasteiger partial charge in [0.15, 0.2) is 5.11 Å². The minimum atomic E-state index is -0.412. The topological polar surface area (TPSA) is 87.7 Å². The molecule has 0 spiro atoms. The van der Waals surface area contributed by atoms with Gasteiger partial charge in [0.1, 0.15) is 0 Å². The van der Waals surface area contributed by atoms with E-state index in [0.29, 0.717) is 19.4 Å². The van der Waals surface area contributed by atoms with Crippen molar-refractivity contribution in [1.29, 1.82) is 0 Å². The smallest absolute Gasteiger partial charge is 0.306 e. The van der Waals surface area contributed by atoms with Gasteiger partial charge in [0.2, 0.25) is 11.8 Å². The van der Waals surface area contributed by atoms with Gasteiger partial charge in [-0.05, 0) is 43.3 Å².